The molecule has 1 atom stereocenters. The van der Waals surface area contributed by atoms with Crippen LogP contribution in [-0.2, 0) is 19.7 Å². The Balaban J connectivity index is 1.60. The van der Waals surface area contributed by atoms with Crippen molar-refractivity contribution in [1.82, 2.24) is 4.90 Å². The molecule has 25 heavy (non-hydrogen) atoms. The van der Waals surface area contributed by atoms with Crippen LogP contribution in [0.5, 0.6) is 0 Å². The summed E-state index contributed by atoms with van der Waals surface area (Å²) >= 11 is 0. The van der Waals surface area contributed by atoms with Crippen LogP contribution < -0.4 is 0 Å². The fraction of sp³-hybridized carbons (Fsp3) is 0.667. The molecule has 0 spiro atoms. The Morgan fingerprint density at radius 3 is 2.60 bits per heavy atom. The minimum atomic E-state index is -0.425. The van der Waals surface area contributed by atoms with Gasteiger partial charge in [-0.25, -0.2) is 0 Å². The van der Waals surface area contributed by atoms with Crippen LogP contribution in [0.4, 0.5) is 0 Å². The lowest BCUT2D eigenvalue weighted by Gasteiger charge is -2.45. The first kappa shape index (κ1) is 17.0. The average molecular weight is 343 g/mol. The molecule has 1 aromatic rings. The molecule has 3 aliphatic rings. The second-order valence-electron chi connectivity index (χ2n) is 7.86. The number of hydrogen-bond acceptors (Lipinski definition) is 3. The zero-order chi connectivity index (χ0) is 17.3. The van der Waals surface area contributed by atoms with Crippen molar-refractivity contribution in [2.24, 2.45) is 5.92 Å². The van der Waals surface area contributed by atoms with Crippen LogP contribution in [-0.4, -0.2) is 49.8 Å². The standard InChI is InChI=1S/C21H29NO3/c1-16-5-2-3-8-18(16)21(9-12-24-13-10-21)20(23)22-11-14-25-19(15-22)17-6-4-7-17/h2-3,5,8,17,19H,4,6-7,9-15H2,1H3. The van der Waals surface area contributed by atoms with E-state index in [1.54, 1.807) is 0 Å². The van der Waals surface area contributed by atoms with Crippen LogP contribution in [0.2, 0.25) is 0 Å². The Kier molecular flexibility index (Phi) is 4.83. The van der Waals surface area contributed by atoms with E-state index in [9.17, 15) is 4.79 Å². The summed E-state index contributed by atoms with van der Waals surface area (Å²) in [4.78, 5) is 15.8. The van der Waals surface area contributed by atoms with Crippen molar-refractivity contribution in [3.8, 4) is 0 Å². The number of amides is 1. The van der Waals surface area contributed by atoms with Gasteiger partial charge in [0.15, 0.2) is 0 Å². The highest BCUT2D eigenvalue weighted by molar-refractivity contribution is 5.89. The summed E-state index contributed by atoms with van der Waals surface area (Å²) in [6.45, 7) is 5.60. The number of ether oxygens (including phenoxy) is 2. The monoisotopic (exact) mass is 343 g/mol. The normalized spacial score (nSPS) is 26.9. The lowest BCUT2D eigenvalue weighted by atomic mass is 9.71. The van der Waals surface area contributed by atoms with E-state index in [-0.39, 0.29) is 12.0 Å². The zero-order valence-electron chi connectivity index (χ0n) is 15.2. The van der Waals surface area contributed by atoms with Gasteiger partial charge in [-0.15, -0.1) is 0 Å². The molecule has 4 nitrogen and oxygen atoms in total. The molecule has 0 radical (unpaired) electrons. The van der Waals surface area contributed by atoms with Gasteiger partial charge >= 0.3 is 0 Å². The van der Waals surface area contributed by atoms with Gasteiger partial charge < -0.3 is 14.4 Å². The molecule has 1 aliphatic carbocycles. The molecule has 1 amide bonds. The van der Waals surface area contributed by atoms with Crippen molar-refractivity contribution < 1.29 is 14.3 Å². The molecule has 0 aromatic heterocycles. The van der Waals surface area contributed by atoms with Gasteiger partial charge in [0.2, 0.25) is 5.91 Å². The lowest BCUT2D eigenvalue weighted by Crippen LogP contribution is -2.56. The Morgan fingerprint density at radius 1 is 1.16 bits per heavy atom. The van der Waals surface area contributed by atoms with E-state index in [2.05, 4.69) is 36.1 Å². The Morgan fingerprint density at radius 2 is 1.92 bits per heavy atom. The van der Waals surface area contributed by atoms with Gasteiger partial charge in [-0.05, 0) is 49.7 Å². The third kappa shape index (κ3) is 3.11. The van der Waals surface area contributed by atoms with Crippen LogP contribution in [0.15, 0.2) is 24.3 Å². The summed E-state index contributed by atoms with van der Waals surface area (Å²) in [7, 11) is 0. The van der Waals surface area contributed by atoms with E-state index in [4.69, 9.17) is 9.47 Å². The maximum atomic E-state index is 13.7. The van der Waals surface area contributed by atoms with Crippen molar-refractivity contribution in [3.63, 3.8) is 0 Å². The molecule has 0 bridgehead atoms. The fourth-order valence-electron chi connectivity index (χ4n) is 4.69. The van der Waals surface area contributed by atoms with Crippen LogP contribution in [0.25, 0.3) is 0 Å². The molecule has 1 saturated carbocycles. The van der Waals surface area contributed by atoms with Crippen LogP contribution in [0, 0.1) is 12.8 Å². The molecule has 0 N–H and O–H groups in total. The first-order valence-electron chi connectivity index (χ1n) is 9.75. The molecule has 4 rings (SSSR count). The van der Waals surface area contributed by atoms with Crippen molar-refractivity contribution in [3.05, 3.63) is 35.4 Å². The van der Waals surface area contributed by atoms with Crippen molar-refractivity contribution in [1.29, 1.82) is 0 Å². The van der Waals surface area contributed by atoms with Crippen molar-refractivity contribution in [2.75, 3.05) is 32.9 Å². The quantitative estimate of drug-likeness (QED) is 0.847. The smallest absolute Gasteiger partial charge is 0.233 e. The number of carbonyl (C=O) groups excluding carboxylic acids is 1. The first-order valence-corrected chi connectivity index (χ1v) is 9.75. The zero-order valence-corrected chi connectivity index (χ0v) is 15.2. The third-order valence-corrected chi connectivity index (χ3v) is 6.47. The predicted octanol–water partition coefficient (Wildman–Crippen LogP) is 3.07. The topological polar surface area (TPSA) is 38.8 Å². The molecule has 2 heterocycles. The van der Waals surface area contributed by atoms with Gasteiger partial charge in [0, 0.05) is 26.3 Å². The van der Waals surface area contributed by atoms with E-state index in [1.807, 2.05) is 0 Å². The minimum Gasteiger partial charge on any atom is -0.381 e. The number of carbonyl (C=O) groups is 1. The van der Waals surface area contributed by atoms with E-state index in [0.29, 0.717) is 25.7 Å². The van der Waals surface area contributed by atoms with Crippen LogP contribution in [0.3, 0.4) is 0 Å². The number of nitrogens with zero attached hydrogens (tertiary/aromatic N) is 1. The number of aryl methyl sites for hydroxylation is 1. The predicted molar refractivity (Wildman–Crippen MR) is 96.6 cm³/mol. The summed E-state index contributed by atoms with van der Waals surface area (Å²) < 4.78 is 11.6. The largest absolute Gasteiger partial charge is 0.381 e. The highest BCUT2D eigenvalue weighted by Crippen LogP contribution is 2.40. The molecule has 2 aliphatic heterocycles. The molecule has 2 saturated heterocycles. The van der Waals surface area contributed by atoms with Crippen molar-refractivity contribution in [2.45, 2.75) is 50.5 Å². The fourth-order valence-corrected chi connectivity index (χ4v) is 4.69. The van der Waals surface area contributed by atoms with Crippen LogP contribution >= 0.6 is 0 Å². The molecule has 3 fully saturated rings. The molecule has 1 aromatic carbocycles. The summed E-state index contributed by atoms with van der Waals surface area (Å²) in [5.41, 5.74) is 1.97. The lowest BCUT2D eigenvalue weighted by molar-refractivity contribution is -0.152. The van der Waals surface area contributed by atoms with E-state index >= 15 is 0 Å². The van der Waals surface area contributed by atoms with E-state index in [0.717, 1.165) is 25.9 Å². The number of morpholine rings is 1. The maximum Gasteiger partial charge on any atom is 0.233 e. The Labute approximate surface area is 150 Å². The summed E-state index contributed by atoms with van der Waals surface area (Å²) in [6.07, 6.45) is 5.61. The number of benzene rings is 1. The summed E-state index contributed by atoms with van der Waals surface area (Å²) in [5.74, 6) is 0.942. The van der Waals surface area contributed by atoms with E-state index in [1.165, 1.54) is 30.4 Å². The third-order valence-electron chi connectivity index (χ3n) is 6.47. The minimum absolute atomic E-state index is 0.236. The molecular weight excluding hydrogens is 314 g/mol. The second kappa shape index (κ2) is 7.08. The Bertz CT molecular complexity index is 619. The van der Waals surface area contributed by atoms with E-state index < -0.39 is 5.41 Å². The second-order valence-corrected chi connectivity index (χ2v) is 7.86. The summed E-state index contributed by atoms with van der Waals surface area (Å²) in [6, 6.07) is 8.37. The van der Waals surface area contributed by atoms with Crippen molar-refractivity contribution >= 4 is 5.91 Å². The maximum absolute atomic E-state index is 13.7. The number of rotatable bonds is 3. The van der Waals surface area contributed by atoms with Gasteiger partial charge in [0.1, 0.15) is 0 Å². The Hall–Kier alpha value is -1.39. The van der Waals surface area contributed by atoms with Gasteiger partial charge in [-0.2, -0.15) is 0 Å². The molecule has 4 heteroatoms. The molecular formula is C21H29NO3. The summed E-state index contributed by atoms with van der Waals surface area (Å²) in [5, 5.41) is 0. The average Bonchev–Trinajstić information content (AvgIpc) is 2.61. The van der Waals surface area contributed by atoms with Gasteiger partial charge in [0.05, 0.1) is 18.1 Å². The highest BCUT2D eigenvalue weighted by Gasteiger charge is 2.46. The van der Waals surface area contributed by atoms with Gasteiger partial charge in [0.25, 0.3) is 0 Å². The molecule has 136 valence electrons. The molecule has 1 unspecified atom stereocenters. The van der Waals surface area contributed by atoms with Crippen LogP contribution in [0.1, 0.15) is 43.2 Å². The first-order chi connectivity index (χ1) is 12.2. The van der Waals surface area contributed by atoms with Gasteiger partial charge in [-0.3, -0.25) is 4.79 Å². The number of hydrogen-bond donors (Lipinski definition) is 0. The SMILES string of the molecule is Cc1ccccc1C1(C(=O)N2CCOC(C3CCC3)C2)CCOCC1. The highest BCUT2D eigenvalue weighted by atomic mass is 16.5. The van der Waals surface area contributed by atoms with Gasteiger partial charge in [-0.1, -0.05) is 30.7 Å².